The van der Waals surface area contributed by atoms with Crippen molar-refractivity contribution in [2.24, 2.45) is 0 Å². The summed E-state index contributed by atoms with van der Waals surface area (Å²) < 4.78 is 7.53. The summed E-state index contributed by atoms with van der Waals surface area (Å²) in [7, 11) is 0. The Balaban J connectivity index is 1.41. The fourth-order valence-corrected chi connectivity index (χ4v) is 4.97. The number of tetrazole rings is 1. The first-order chi connectivity index (χ1) is 21.6. The number of aromatic nitrogens is 6. The molecule has 0 bridgehead atoms. The molecule has 5 aromatic rings. The quantitative estimate of drug-likeness (QED) is 0.105. The number of carbonyl (C=O) groups excluding carboxylic acids is 1. The minimum Gasteiger partial charge on any atom is -0.456 e. The molecule has 3 aromatic carbocycles. The van der Waals surface area contributed by atoms with Crippen molar-refractivity contribution in [3.63, 3.8) is 0 Å². The van der Waals surface area contributed by atoms with E-state index in [4.69, 9.17) is 9.72 Å². The molecule has 0 aliphatic heterocycles. The van der Waals surface area contributed by atoms with Gasteiger partial charge in [0.2, 0.25) is 5.82 Å². The summed E-state index contributed by atoms with van der Waals surface area (Å²) >= 11 is 0. The van der Waals surface area contributed by atoms with Crippen molar-refractivity contribution < 1.29 is 24.6 Å². The summed E-state index contributed by atoms with van der Waals surface area (Å²) in [5, 5.41) is 35.0. The van der Waals surface area contributed by atoms with Gasteiger partial charge in [-0.1, -0.05) is 79.7 Å². The molecule has 0 aliphatic rings. The molecule has 0 aliphatic carbocycles. The molecule has 0 saturated heterocycles. The van der Waals surface area contributed by atoms with E-state index in [-0.39, 0.29) is 24.6 Å². The lowest BCUT2D eigenvalue weighted by atomic mass is 9.98. The van der Waals surface area contributed by atoms with Crippen LogP contribution in [0.25, 0.3) is 22.5 Å². The zero-order valence-corrected chi connectivity index (χ0v) is 25.1. The van der Waals surface area contributed by atoms with Gasteiger partial charge in [0.1, 0.15) is 30.3 Å². The Labute approximate surface area is 259 Å². The van der Waals surface area contributed by atoms with Gasteiger partial charge in [0.25, 0.3) is 5.09 Å². The van der Waals surface area contributed by atoms with E-state index in [1.165, 1.54) is 0 Å². The van der Waals surface area contributed by atoms with Crippen molar-refractivity contribution in [1.82, 2.24) is 30.2 Å². The number of rotatable bonds is 13. The molecule has 232 valence electrons. The molecular weight excluding hydrogens is 578 g/mol. The van der Waals surface area contributed by atoms with Gasteiger partial charge in [0.15, 0.2) is 5.69 Å². The van der Waals surface area contributed by atoms with E-state index in [9.17, 15) is 20.0 Å². The van der Waals surface area contributed by atoms with Gasteiger partial charge in [-0.2, -0.15) is 5.21 Å². The minimum absolute atomic E-state index is 0.0384. The number of benzene rings is 3. The fourth-order valence-electron chi connectivity index (χ4n) is 4.97. The average Bonchev–Trinajstić information content (AvgIpc) is 3.69. The number of ether oxygens (including phenoxy) is 1. The van der Waals surface area contributed by atoms with Crippen LogP contribution in [0.1, 0.15) is 65.9 Å². The highest BCUT2D eigenvalue weighted by molar-refractivity contribution is 5.89. The summed E-state index contributed by atoms with van der Waals surface area (Å²) in [5.41, 5.74) is 4.02. The number of imidazole rings is 1. The molecule has 0 atom stereocenters. The topological polar surface area (TPSA) is 171 Å². The van der Waals surface area contributed by atoms with Gasteiger partial charge in [-0.3, -0.25) is 0 Å². The van der Waals surface area contributed by atoms with E-state index >= 15 is 0 Å². The number of nitrogens with one attached hydrogen (secondary N) is 1. The number of aliphatic hydroxyl groups is 1. The summed E-state index contributed by atoms with van der Waals surface area (Å²) in [5.74, 6) is 0.552. The van der Waals surface area contributed by atoms with Gasteiger partial charge in [0, 0.05) is 18.5 Å². The Morgan fingerprint density at radius 2 is 1.62 bits per heavy atom. The molecule has 13 nitrogen and oxygen atoms in total. The zero-order valence-electron chi connectivity index (χ0n) is 25.1. The number of esters is 1. The monoisotopic (exact) mass is 611 g/mol. The highest BCUT2D eigenvalue weighted by Crippen LogP contribution is 2.31. The lowest BCUT2D eigenvalue weighted by molar-refractivity contribution is -0.763. The van der Waals surface area contributed by atoms with Crippen LogP contribution in [0.15, 0.2) is 72.8 Å². The van der Waals surface area contributed by atoms with E-state index < -0.39 is 16.7 Å². The van der Waals surface area contributed by atoms with Crippen molar-refractivity contribution in [3.05, 3.63) is 117 Å². The Morgan fingerprint density at radius 3 is 2.22 bits per heavy atom. The minimum atomic E-state index is -1.40. The maximum Gasteiger partial charge on any atom is 0.357 e. The standard InChI is InChI=1S/C32H33N7O6/c1-4-7-27-33-29(32(2,3)41)28(31(40)44-19-22-10-12-23(13-11-22)20-45-39(42)43)38(27)18-21-14-16-24(17-15-21)25-8-5-6-9-26(25)30-34-36-37-35-30/h5-6,8-17,41H,4,7,18-20H2,1-3H3,(H,34,35,36,37). The lowest BCUT2D eigenvalue weighted by Gasteiger charge is -2.18. The molecule has 2 N–H and O–H groups in total. The van der Waals surface area contributed by atoms with Gasteiger partial charge in [-0.15, -0.1) is 20.3 Å². The molecule has 13 heteroatoms. The van der Waals surface area contributed by atoms with Crippen LogP contribution in [-0.2, 0) is 41.4 Å². The normalized spacial score (nSPS) is 11.4. The van der Waals surface area contributed by atoms with Crippen molar-refractivity contribution in [1.29, 1.82) is 0 Å². The van der Waals surface area contributed by atoms with Crippen LogP contribution in [0.5, 0.6) is 0 Å². The molecule has 2 aromatic heterocycles. The number of aryl methyl sites for hydroxylation is 1. The van der Waals surface area contributed by atoms with E-state index in [0.29, 0.717) is 35.7 Å². The van der Waals surface area contributed by atoms with Gasteiger partial charge in [-0.25, -0.2) is 9.78 Å². The third-order valence-corrected chi connectivity index (χ3v) is 7.14. The number of hydrogen-bond donors (Lipinski definition) is 2. The molecule has 0 radical (unpaired) electrons. The van der Waals surface area contributed by atoms with Gasteiger partial charge in [-0.05, 0) is 53.3 Å². The van der Waals surface area contributed by atoms with E-state index in [0.717, 1.165) is 28.7 Å². The molecule has 0 amide bonds. The summed E-state index contributed by atoms with van der Waals surface area (Å²) in [6, 6.07) is 22.5. The largest absolute Gasteiger partial charge is 0.456 e. The van der Waals surface area contributed by atoms with Crippen LogP contribution >= 0.6 is 0 Å². The zero-order chi connectivity index (χ0) is 32.0. The molecule has 2 heterocycles. The van der Waals surface area contributed by atoms with Crippen LogP contribution < -0.4 is 0 Å². The van der Waals surface area contributed by atoms with Crippen LogP contribution in [0.3, 0.4) is 0 Å². The van der Waals surface area contributed by atoms with Crippen molar-refractivity contribution in [2.75, 3.05) is 0 Å². The van der Waals surface area contributed by atoms with Crippen molar-refractivity contribution >= 4 is 5.97 Å². The lowest BCUT2D eigenvalue weighted by Crippen LogP contribution is -2.23. The second-order valence-corrected chi connectivity index (χ2v) is 11.0. The smallest absolute Gasteiger partial charge is 0.357 e. The number of H-pyrrole nitrogens is 1. The highest BCUT2D eigenvalue weighted by Gasteiger charge is 2.32. The second kappa shape index (κ2) is 13.5. The molecule has 0 spiro atoms. The second-order valence-electron chi connectivity index (χ2n) is 11.0. The predicted octanol–water partition coefficient (Wildman–Crippen LogP) is 5.02. The summed E-state index contributed by atoms with van der Waals surface area (Å²) in [4.78, 5) is 33.2. The number of aromatic amines is 1. The van der Waals surface area contributed by atoms with Crippen LogP contribution in [0.4, 0.5) is 0 Å². The molecule has 0 unspecified atom stereocenters. The highest BCUT2D eigenvalue weighted by atomic mass is 16.9. The van der Waals surface area contributed by atoms with E-state index in [1.807, 2.05) is 60.0 Å². The first kappa shape index (κ1) is 31.0. The Kier molecular flexibility index (Phi) is 9.28. The SMILES string of the molecule is CCCc1nc(C(C)(C)O)c(C(=O)OCc2ccc(CO[N+](=O)[O-])cc2)n1Cc1ccc(-c2ccccc2-c2nn[nH]n2)cc1. The van der Waals surface area contributed by atoms with E-state index in [1.54, 1.807) is 38.1 Å². The first-order valence-corrected chi connectivity index (χ1v) is 14.4. The molecule has 45 heavy (non-hydrogen) atoms. The van der Waals surface area contributed by atoms with E-state index in [2.05, 4.69) is 25.5 Å². The average molecular weight is 612 g/mol. The van der Waals surface area contributed by atoms with Crippen LogP contribution in [-0.4, -0.2) is 46.3 Å². The maximum absolute atomic E-state index is 13.6. The predicted molar refractivity (Wildman–Crippen MR) is 163 cm³/mol. The van der Waals surface area contributed by atoms with Crippen LogP contribution in [0, 0.1) is 10.1 Å². The molecule has 0 saturated carbocycles. The maximum atomic E-state index is 13.6. The molecule has 5 rings (SSSR count). The summed E-state index contributed by atoms with van der Waals surface area (Å²) in [6.45, 7) is 5.33. The first-order valence-electron chi connectivity index (χ1n) is 14.4. The number of carbonyl (C=O) groups is 1. The Hall–Kier alpha value is -5.43. The number of hydrogen-bond acceptors (Lipinski definition) is 10. The Morgan fingerprint density at radius 1 is 0.978 bits per heavy atom. The van der Waals surface area contributed by atoms with Gasteiger partial charge in [0.05, 0.1) is 0 Å². The Bertz CT molecular complexity index is 1760. The van der Waals surface area contributed by atoms with Crippen LogP contribution in [0.2, 0.25) is 0 Å². The molecular formula is C32H33N7O6. The molecule has 0 fully saturated rings. The van der Waals surface area contributed by atoms with Crippen molar-refractivity contribution in [3.8, 4) is 22.5 Å². The van der Waals surface area contributed by atoms with Gasteiger partial charge < -0.3 is 19.2 Å². The number of nitrogens with zero attached hydrogens (tertiary/aromatic N) is 6. The van der Waals surface area contributed by atoms with Gasteiger partial charge >= 0.3 is 5.97 Å². The summed E-state index contributed by atoms with van der Waals surface area (Å²) in [6.07, 6.45) is 1.38. The third kappa shape index (κ3) is 7.39. The van der Waals surface area contributed by atoms with Crippen molar-refractivity contribution in [2.45, 2.75) is 59.0 Å². The third-order valence-electron chi connectivity index (χ3n) is 7.14. The fraction of sp³-hybridized carbons (Fsp3) is 0.281.